The van der Waals surface area contributed by atoms with Crippen LogP contribution in [-0.2, 0) is 13.9 Å². The summed E-state index contributed by atoms with van der Waals surface area (Å²) in [5.74, 6) is -0.999. The number of carbonyl (C=O) groups excluding carboxylic acids is 2. The van der Waals surface area contributed by atoms with Crippen molar-refractivity contribution in [1.82, 2.24) is 10.2 Å². The second kappa shape index (κ2) is 8.59. The van der Waals surface area contributed by atoms with Crippen LogP contribution >= 0.6 is 15.2 Å². The molecule has 14 heteroatoms. The Morgan fingerprint density at radius 1 is 1.05 bits per heavy atom. The number of urea groups is 1. The smallest absolute Gasteiger partial charge is 0.339 e. The van der Waals surface area contributed by atoms with Gasteiger partial charge in [0.25, 0.3) is 0 Å². The van der Waals surface area contributed by atoms with Crippen LogP contribution in [0.5, 0.6) is 0 Å². The summed E-state index contributed by atoms with van der Waals surface area (Å²) in [5, 5.41) is 2.24. The lowest BCUT2D eigenvalue weighted by molar-refractivity contribution is -0.122. The molecule has 9 N–H and O–H groups in total. The van der Waals surface area contributed by atoms with Gasteiger partial charge in [-0.25, -0.2) is 4.79 Å². The van der Waals surface area contributed by atoms with E-state index in [1.807, 2.05) is 0 Å². The van der Waals surface area contributed by atoms with Crippen LogP contribution in [0.3, 0.4) is 0 Å². The average molecular weight is 362 g/mol. The zero-order valence-corrected chi connectivity index (χ0v) is 13.3. The van der Waals surface area contributed by atoms with Gasteiger partial charge in [-0.05, 0) is 12.8 Å². The third kappa shape index (κ3) is 10.7. The number of nitrogens with two attached hydrogens (primary N) is 2. The first kappa shape index (κ1) is 21.0. The SMILES string of the molecule is NC(=O)NCCC[C@@H](C(N)=O)N(CP(=O)(O)O)CP(=O)(O)O. The Labute approximate surface area is 126 Å². The van der Waals surface area contributed by atoms with Crippen LogP contribution in [0.4, 0.5) is 4.79 Å². The lowest BCUT2D eigenvalue weighted by Crippen LogP contribution is -2.46. The van der Waals surface area contributed by atoms with Crippen molar-refractivity contribution < 1.29 is 38.3 Å². The third-order valence-electron chi connectivity index (χ3n) is 2.45. The summed E-state index contributed by atoms with van der Waals surface area (Å²) in [6.07, 6.45) is -1.98. The maximum absolute atomic E-state index is 11.4. The maximum Gasteiger partial charge on any atom is 0.339 e. The van der Waals surface area contributed by atoms with Crippen LogP contribution in [0.25, 0.3) is 0 Å². The molecule has 0 radical (unpaired) electrons. The van der Waals surface area contributed by atoms with Crippen LogP contribution in [0, 0.1) is 0 Å². The first-order chi connectivity index (χ1) is 9.82. The highest BCUT2D eigenvalue weighted by atomic mass is 31.2. The van der Waals surface area contributed by atoms with Crippen molar-refractivity contribution in [2.75, 3.05) is 19.1 Å². The van der Waals surface area contributed by atoms with Gasteiger partial charge in [0, 0.05) is 6.54 Å². The first-order valence-corrected chi connectivity index (χ1v) is 9.57. The number of carbonyl (C=O) groups is 2. The highest BCUT2D eigenvalue weighted by molar-refractivity contribution is 7.52. The zero-order valence-electron chi connectivity index (χ0n) is 11.5. The number of primary amides is 2. The van der Waals surface area contributed by atoms with Gasteiger partial charge in [-0.3, -0.25) is 18.8 Å². The summed E-state index contributed by atoms with van der Waals surface area (Å²) >= 11 is 0. The van der Waals surface area contributed by atoms with E-state index in [1.54, 1.807) is 0 Å². The molecule has 0 aromatic carbocycles. The molecular formula is C8H20N4O8P2. The van der Waals surface area contributed by atoms with Crippen molar-refractivity contribution >= 4 is 27.1 Å². The molecule has 0 aliphatic rings. The molecule has 0 aromatic rings. The van der Waals surface area contributed by atoms with Gasteiger partial charge in [-0.1, -0.05) is 0 Å². The number of hydrogen-bond donors (Lipinski definition) is 7. The fraction of sp³-hybridized carbons (Fsp3) is 0.750. The lowest BCUT2D eigenvalue weighted by Gasteiger charge is -2.29. The fourth-order valence-corrected chi connectivity index (χ4v) is 3.43. The van der Waals surface area contributed by atoms with Gasteiger partial charge in [0.05, 0.1) is 6.04 Å². The van der Waals surface area contributed by atoms with E-state index in [-0.39, 0.29) is 19.4 Å². The van der Waals surface area contributed by atoms with Crippen molar-refractivity contribution in [1.29, 1.82) is 0 Å². The minimum atomic E-state index is -4.67. The van der Waals surface area contributed by atoms with Crippen molar-refractivity contribution in [3.05, 3.63) is 0 Å². The molecule has 130 valence electrons. The molecule has 0 aliphatic heterocycles. The van der Waals surface area contributed by atoms with E-state index in [4.69, 9.17) is 31.0 Å². The van der Waals surface area contributed by atoms with Gasteiger partial charge in [0.2, 0.25) is 5.91 Å². The largest absolute Gasteiger partial charge is 0.368 e. The molecule has 0 saturated carbocycles. The molecule has 0 rings (SSSR count). The third-order valence-corrected chi connectivity index (χ3v) is 3.92. The standard InChI is InChI=1S/C8H20N4O8P2/c9-7(13)6(2-1-3-11-8(10)14)12(4-21(15,16)17)5-22(18,19)20/h6H,1-5H2,(H2,9,13)(H3,10,11,14)(H2,15,16,17)(H2,18,19,20)/t6-/m0/s1. The maximum atomic E-state index is 11.4. The van der Waals surface area contributed by atoms with E-state index in [0.29, 0.717) is 4.90 Å². The quantitative estimate of drug-likeness (QED) is 0.166. The Morgan fingerprint density at radius 2 is 1.50 bits per heavy atom. The molecule has 0 bridgehead atoms. The van der Waals surface area contributed by atoms with Crippen molar-refractivity contribution in [2.24, 2.45) is 11.5 Å². The summed E-state index contributed by atoms with van der Waals surface area (Å²) < 4.78 is 22.1. The van der Waals surface area contributed by atoms with E-state index < -0.39 is 45.7 Å². The van der Waals surface area contributed by atoms with E-state index in [2.05, 4.69) is 5.32 Å². The Kier molecular flexibility index (Phi) is 8.19. The van der Waals surface area contributed by atoms with Gasteiger partial charge in [0.1, 0.15) is 12.6 Å². The second-order valence-electron chi connectivity index (χ2n) is 4.55. The molecule has 0 heterocycles. The molecule has 0 unspecified atom stereocenters. The molecule has 0 aliphatic carbocycles. The molecule has 0 fully saturated rings. The highest BCUT2D eigenvalue weighted by Crippen LogP contribution is 2.42. The Balaban J connectivity index is 4.97. The van der Waals surface area contributed by atoms with Crippen LogP contribution in [0.1, 0.15) is 12.8 Å². The minimum Gasteiger partial charge on any atom is -0.368 e. The monoisotopic (exact) mass is 362 g/mol. The fourth-order valence-electron chi connectivity index (χ4n) is 1.73. The number of hydrogen-bond acceptors (Lipinski definition) is 5. The molecule has 22 heavy (non-hydrogen) atoms. The summed E-state index contributed by atoms with van der Waals surface area (Å²) in [4.78, 5) is 58.3. The van der Waals surface area contributed by atoms with E-state index in [1.165, 1.54) is 0 Å². The summed E-state index contributed by atoms with van der Waals surface area (Å²) in [6, 6.07) is -2.10. The average Bonchev–Trinajstić information content (AvgIpc) is 2.22. The van der Waals surface area contributed by atoms with Gasteiger partial charge in [0.15, 0.2) is 0 Å². The normalized spacial score (nSPS) is 13.9. The number of nitrogens with zero attached hydrogens (tertiary/aromatic N) is 1. The van der Waals surface area contributed by atoms with Gasteiger partial charge in [-0.15, -0.1) is 0 Å². The molecule has 0 spiro atoms. The van der Waals surface area contributed by atoms with Gasteiger partial charge < -0.3 is 36.4 Å². The predicted molar refractivity (Wildman–Crippen MR) is 75.5 cm³/mol. The van der Waals surface area contributed by atoms with E-state index in [9.17, 15) is 18.7 Å². The molecule has 1 atom stereocenters. The number of rotatable bonds is 10. The molecule has 0 aromatic heterocycles. The van der Waals surface area contributed by atoms with Crippen molar-refractivity contribution in [3.8, 4) is 0 Å². The molecule has 3 amide bonds. The van der Waals surface area contributed by atoms with Crippen LogP contribution < -0.4 is 16.8 Å². The van der Waals surface area contributed by atoms with Crippen LogP contribution in [0.15, 0.2) is 0 Å². The van der Waals surface area contributed by atoms with Gasteiger partial charge >= 0.3 is 21.2 Å². The summed E-state index contributed by atoms with van der Waals surface area (Å²) in [6.45, 7) is 0.0682. The van der Waals surface area contributed by atoms with Gasteiger partial charge in [-0.2, -0.15) is 0 Å². The molecular weight excluding hydrogens is 342 g/mol. The van der Waals surface area contributed by atoms with E-state index >= 15 is 0 Å². The zero-order chi connectivity index (χ0) is 17.6. The Bertz CT molecular complexity index is 465. The van der Waals surface area contributed by atoms with Crippen molar-refractivity contribution in [3.63, 3.8) is 0 Å². The van der Waals surface area contributed by atoms with E-state index in [0.717, 1.165) is 0 Å². The first-order valence-electron chi connectivity index (χ1n) is 5.97. The number of nitrogens with one attached hydrogen (secondary N) is 1. The molecule has 0 saturated heterocycles. The lowest BCUT2D eigenvalue weighted by atomic mass is 10.1. The van der Waals surface area contributed by atoms with Crippen LogP contribution in [-0.4, -0.2) is 61.6 Å². The molecule has 12 nitrogen and oxygen atoms in total. The Hall–Kier alpha value is -1.00. The number of amides is 3. The second-order valence-corrected chi connectivity index (χ2v) is 7.78. The topological polar surface area (TPSA) is 217 Å². The Morgan fingerprint density at radius 3 is 1.82 bits per heavy atom. The predicted octanol–water partition coefficient (Wildman–Crippen LogP) is -2.14. The van der Waals surface area contributed by atoms with Crippen LogP contribution in [0.2, 0.25) is 0 Å². The summed E-state index contributed by atoms with van der Waals surface area (Å²) in [5.41, 5.74) is 9.96. The highest BCUT2D eigenvalue weighted by Gasteiger charge is 2.33. The summed E-state index contributed by atoms with van der Waals surface area (Å²) in [7, 11) is -9.34. The van der Waals surface area contributed by atoms with Crippen molar-refractivity contribution in [2.45, 2.75) is 18.9 Å². The minimum absolute atomic E-state index is 0.0682.